The highest BCUT2D eigenvalue weighted by atomic mass is 79.9. The quantitative estimate of drug-likeness (QED) is 0.634. The molecule has 104 valence electrons. The van der Waals surface area contributed by atoms with Crippen molar-refractivity contribution in [3.05, 3.63) is 26.2 Å². The van der Waals surface area contributed by atoms with Crippen LogP contribution in [0.2, 0.25) is 10.0 Å². The van der Waals surface area contributed by atoms with Crippen molar-refractivity contribution in [2.75, 3.05) is 7.11 Å². The van der Waals surface area contributed by atoms with Crippen LogP contribution in [0.25, 0.3) is 6.08 Å². The molecule has 1 heterocycles. The van der Waals surface area contributed by atoms with Crippen LogP contribution >= 0.6 is 39.1 Å². The van der Waals surface area contributed by atoms with Crippen molar-refractivity contribution in [1.29, 1.82) is 0 Å². The van der Waals surface area contributed by atoms with Crippen molar-refractivity contribution < 1.29 is 22.6 Å². The summed E-state index contributed by atoms with van der Waals surface area (Å²) in [4.78, 5) is 0. The second-order valence-electron chi connectivity index (χ2n) is 3.66. The summed E-state index contributed by atoms with van der Waals surface area (Å²) in [6.45, 7) is 0. The van der Waals surface area contributed by atoms with Gasteiger partial charge in [-0.3, -0.25) is 0 Å². The third-order valence-corrected chi connectivity index (χ3v) is 4.37. The van der Waals surface area contributed by atoms with E-state index < -0.39 is 12.3 Å². The Bertz CT molecular complexity index is 558. The first kappa shape index (κ1) is 14.8. The van der Waals surface area contributed by atoms with E-state index in [1.165, 1.54) is 13.2 Å². The Morgan fingerprint density at radius 1 is 1.32 bits per heavy atom. The van der Waals surface area contributed by atoms with Gasteiger partial charge in [0, 0.05) is 10.0 Å². The maximum atomic E-state index is 12.7. The molecule has 0 saturated carbocycles. The smallest absolute Gasteiger partial charge is 0.429 e. The van der Waals surface area contributed by atoms with Gasteiger partial charge in [0.1, 0.15) is 5.02 Å². The predicted molar refractivity (Wildman–Crippen MR) is 70.2 cm³/mol. The van der Waals surface area contributed by atoms with Crippen molar-refractivity contribution in [3.8, 4) is 11.5 Å². The van der Waals surface area contributed by atoms with Crippen molar-refractivity contribution in [2.24, 2.45) is 0 Å². The van der Waals surface area contributed by atoms with Gasteiger partial charge in [-0.1, -0.05) is 23.2 Å². The van der Waals surface area contributed by atoms with Gasteiger partial charge in [0.25, 0.3) is 0 Å². The lowest BCUT2D eigenvalue weighted by Crippen LogP contribution is -2.34. The van der Waals surface area contributed by atoms with E-state index in [1.807, 2.05) is 0 Å². The molecular weight excluding hydrogens is 372 g/mol. The fraction of sp³-hybridized carbons (Fsp3) is 0.273. The van der Waals surface area contributed by atoms with Crippen molar-refractivity contribution in [2.45, 2.75) is 12.3 Å². The van der Waals surface area contributed by atoms with E-state index in [4.69, 9.17) is 32.7 Å². The number of hydrogen-bond donors (Lipinski definition) is 0. The van der Waals surface area contributed by atoms with Gasteiger partial charge in [0.05, 0.1) is 12.1 Å². The van der Waals surface area contributed by atoms with Crippen molar-refractivity contribution in [3.63, 3.8) is 0 Å². The molecule has 2 rings (SSSR count). The minimum absolute atomic E-state index is 0.00832. The zero-order valence-corrected chi connectivity index (χ0v) is 12.4. The van der Waals surface area contributed by atoms with Gasteiger partial charge in [0.15, 0.2) is 11.5 Å². The van der Waals surface area contributed by atoms with Crippen LogP contribution in [0.1, 0.15) is 5.56 Å². The van der Waals surface area contributed by atoms with Gasteiger partial charge in [-0.05, 0) is 28.1 Å². The lowest BCUT2D eigenvalue weighted by Gasteiger charge is -2.26. The van der Waals surface area contributed by atoms with Gasteiger partial charge in [-0.2, -0.15) is 13.2 Å². The molecule has 0 radical (unpaired) electrons. The number of halogens is 6. The highest BCUT2D eigenvalue weighted by Gasteiger charge is 2.43. The Kier molecular flexibility index (Phi) is 3.95. The summed E-state index contributed by atoms with van der Waals surface area (Å²) in [5, 5.41) is 0.141. The van der Waals surface area contributed by atoms with Crippen LogP contribution in [0, 0.1) is 0 Å². The summed E-state index contributed by atoms with van der Waals surface area (Å²) in [7, 11) is 1.27. The zero-order chi connectivity index (χ0) is 14.4. The molecule has 0 bridgehead atoms. The zero-order valence-electron chi connectivity index (χ0n) is 9.32. The Labute approximate surface area is 125 Å². The molecule has 0 amide bonds. The summed E-state index contributed by atoms with van der Waals surface area (Å²) < 4.78 is 48.2. The van der Waals surface area contributed by atoms with Gasteiger partial charge >= 0.3 is 6.18 Å². The first-order valence-electron chi connectivity index (χ1n) is 4.93. The monoisotopic (exact) mass is 376 g/mol. The number of fused-ring (bicyclic) bond motifs is 1. The number of benzene rings is 1. The van der Waals surface area contributed by atoms with Crippen molar-refractivity contribution >= 4 is 45.2 Å². The van der Waals surface area contributed by atoms with Crippen molar-refractivity contribution in [1.82, 2.24) is 0 Å². The second kappa shape index (κ2) is 5.07. The Hall–Kier alpha value is -0.590. The summed E-state index contributed by atoms with van der Waals surface area (Å²) >= 11 is 15.0. The molecule has 8 heteroatoms. The van der Waals surface area contributed by atoms with Crippen LogP contribution in [-0.2, 0) is 0 Å². The van der Waals surface area contributed by atoms with Crippen LogP contribution in [0.3, 0.4) is 0 Å². The van der Waals surface area contributed by atoms with E-state index in [9.17, 15) is 13.2 Å². The molecular formula is C11H6BrCl2F3O2. The average molecular weight is 378 g/mol. The third kappa shape index (κ3) is 2.53. The molecule has 0 N–H and O–H groups in total. The molecule has 1 aromatic carbocycles. The summed E-state index contributed by atoms with van der Waals surface area (Å²) in [6.07, 6.45) is -4.39. The highest BCUT2D eigenvalue weighted by Crippen LogP contribution is 2.50. The highest BCUT2D eigenvalue weighted by molar-refractivity contribution is 9.10. The Morgan fingerprint density at radius 3 is 2.47 bits per heavy atom. The topological polar surface area (TPSA) is 18.5 Å². The first-order valence-corrected chi connectivity index (χ1v) is 6.48. The number of alkyl halides is 3. The Morgan fingerprint density at radius 2 is 1.95 bits per heavy atom. The standard InChI is InChI=1S/C11H6BrCl2F3O2/c1-18-10-8(14)7(13)6(12)4-2-3-5(11(15,16)17)19-9(4)10/h2-3,5H,1H3. The molecule has 2 nitrogen and oxygen atoms in total. The van der Waals surface area contributed by atoms with E-state index in [1.54, 1.807) is 0 Å². The lowest BCUT2D eigenvalue weighted by molar-refractivity contribution is -0.180. The Balaban J connectivity index is 2.61. The van der Waals surface area contributed by atoms with E-state index >= 15 is 0 Å². The predicted octanol–water partition coefficient (Wildman–Crippen LogP) is 5.10. The van der Waals surface area contributed by atoms with Gasteiger partial charge in [-0.15, -0.1) is 0 Å². The maximum absolute atomic E-state index is 12.7. The largest absolute Gasteiger partial charge is 0.491 e. The minimum Gasteiger partial charge on any atom is -0.491 e. The first-order chi connectivity index (χ1) is 8.77. The van der Waals surface area contributed by atoms with Crippen LogP contribution in [-0.4, -0.2) is 19.4 Å². The summed E-state index contributed by atoms with van der Waals surface area (Å²) in [6, 6.07) is 0. The summed E-state index contributed by atoms with van der Waals surface area (Å²) in [5.41, 5.74) is 0.353. The molecule has 0 aromatic heterocycles. The van der Waals surface area contributed by atoms with E-state index in [2.05, 4.69) is 15.9 Å². The normalized spacial score (nSPS) is 17.9. The van der Waals surface area contributed by atoms with Gasteiger partial charge < -0.3 is 9.47 Å². The van der Waals surface area contributed by atoms with Gasteiger partial charge in [0.2, 0.25) is 6.10 Å². The molecule has 1 aromatic rings. The molecule has 1 unspecified atom stereocenters. The third-order valence-electron chi connectivity index (χ3n) is 2.48. The molecule has 19 heavy (non-hydrogen) atoms. The average Bonchev–Trinajstić information content (AvgIpc) is 2.35. The van der Waals surface area contributed by atoms with Crippen LogP contribution in [0.5, 0.6) is 11.5 Å². The SMILES string of the molecule is COc1c(Cl)c(Cl)c(Br)c2c1OC(C(F)(F)F)C=C2. The summed E-state index contributed by atoms with van der Waals surface area (Å²) in [5.74, 6) is -0.114. The molecule has 1 atom stereocenters. The van der Waals surface area contributed by atoms with Crippen LogP contribution in [0.4, 0.5) is 13.2 Å². The fourth-order valence-corrected chi connectivity index (χ4v) is 2.68. The molecule has 1 aliphatic heterocycles. The van der Waals surface area contributed by atoms with E-state index in [-0.39, 0.29) is 21.5 Å². The second-order valence-corrected chi connectivity index (χ2v) is 5.21. The van der Waals surface area contributed by atoms with Gasteiger partial charge in [-0.25, -0.2) is 0 Å². The number of rotatable bonds is 1. The molecule has 1 aliphatic rings. The minimum atomic E-state index is -4.52. The molecule has 0 aliphatic carbocycles. The number of methoxy groups -OCH3 is 1. The lowest BCUT2D eigenvalue weighted by atomic mass is 10.1. The maximum Gasteiger partial charge on any atom is 0.429 e. The van der Waals surface area contributed by atoms with Crippen LogP contribution < -0.4 is 9.47 Å². The number of ether oxygens (including phenoxy) is 2. The molecule has 0 fully saturated rings. The van der Waals surface area contributed by atoms with E-state index in [0.717, 1.165) is 6.08 Å². The number of hydrogen-bond acceptors (Lipinski definition) is 2. The molecule has 0 spiro atoms. The molecule has 0 saturated heterocycles. The van der Waals surface area contributed by atoms with Crippen LogP contribution in [0.15, 0.2) is 10.5 Å². The fourth-order valence-electron chi connectivity index (χ4n) is 1.61. The van der Waals surface area contributed by atoms with E-state index in [0.29, 0.717) is 10.0 Å².